The number of anilines is 1. The minimum atomic E-state index is -1.39. The lowest BCUT2D eigenvalue weighted by molar-refractivity contribution is -0.313. The second-order valence-corrected chi connectivity index (χ2v) is 4.98. The molecule has 7 nitrogen and oxygen atoms in total. The van der Waals surface area contributed by atoms with Crippen LogP contribution < -0.4 is 15.5 Å². The fraction of sp³-hybridized carbons (Fsp3) is 0.267. The van der Waals surface area contributed by atoms with Crippen LogP contribution in [-0.2, 0) is 9.59 Å². The van der Waals surface area contributed by atoms with E-state index < -0.39 is 41.0 Å². The molecule has 0 saturated carbocycles. The number of amides is 1. The van der Waals surface area contributed by atoms with Gasteiger partial charge in [-0.05, 0) is 25.0 Å². The van der Waals surface area contributed by atoms with Crippen LogP contribution in [0.4, 0.5) is 5.69 Å². The van der Waals surface area contributed by atoms with Crippen molar-refractivity contribution in [2.24, 2.45) is 11.8 Å². The molecule has 0 spiro atoms. The minimum absolute atomic E-state index is 0.133. The highest BCUT2D eigenvalue weighted by Gasteiger charge is 2.29. The van der Waals surface area contributed by atoms with E-state index in [2.05, 4.69) is 5.32 Å². The lowest BCUT2D eigenvalue weighted by Gasteiger charge is -2.28. The molecule has 2 rings (SSSR count). The van der Waals surface area contributed by atoms with Gasteiger partial charge in [-0.15, -0.1) is 0 Å². The molecule has 2 N–H and O–H groups in total. The van der Waals surface area contributed by atoms with Crippen molar-refractivity contribution in [1.82, 2.24) is 0 Å². The molecule has 0 bridgehead atoms. The molecule has 2 atom stereocenters. The number of nitrogens with one attached hydrogen (secondary N) is 1. The van der Waals surface area contributed by atoms with Crippen LogP contribution in [0.2, 0.25) is 0 Å². The van der Waals surface area contributed by atoms with Crippen LogP contribution in [0.1, 0.15) is 23.2 Å². The molecule has 0 aliphatic heterocycles. The molecule has 116 valence electrons. The Kier molecular flexibility index (Phi) is 4.45. The van der Waals surface area contributed by atoms with Crippen molar-refractivity contribution in [3.8, 4) is 5.75 Å². The van der Waals surface area contributed by atoms with E-state index in [0.717, 1.165) is 12.1 Å². The van der Waals surface area contributed by atoms with E-state index in [9.17, 15) is 24.6 Å². The number of hydrogen-bond donors (Lipinski definition) is 2. The predicted octanol–water partition coefficient (Wildman–Crippen LogP) is -0.271. The molecule has 1 aromatic rings. The zero-order valence-electron chi connectivity index (χ0n) is 11.4. The van der Waals surface area contributed by atoms with Crippen LogP contribution in [-0.4, -0.2) is 23.0 Å². The Morgan fingerprint density at radius 3 is 2.36 bits per heavy atom. The van der Waals surface area contributed by atoms with Crippen molar-refractivity contribution in [2.75, 3.05) is 5.32 Å². The number of carbonyl (C=O) groups excluding carboxylic acids is 2. The maximum atomic E-state index is 12.2. The SMILES string of the molecule is O=C(O)c1cc(NC(=O)[C@H]2CC=CC[C@H]2C(=O)[O-])ccc1[O-]. The van der Waals surface area contributed by atoms with E-state index in [-0.39, 0.29) is 18.5 Å². The summed E-state index contributed by atoms with van der Waals surface area (Å²) in [5.41, 5.74) is -0.327. The molecule has 0 aromatic heterocycles. The number of carboxylic acids is 2. The summed E-state index contributed by atoms with van der Waals surface area (Å²) < 4.78 is 0. The van der Waals surface area contributed by atoms with E-state index in [1.165, 1.54) is 6.07 Å². The van der Waals surface area contributed by atoms with Gasteiger partial charge in [0.05, 0.1) is 11.5 Å². The third-order valence-electron chi connectivity index (χ3n) is 3.55. The van der Waals surface area contributed by atoms with Gasteiger partial charge >= 0.3 is 5.97 Å². The molecule has 0 saturated heterocycles. The highest BCUT2D eigenvalue weighted by molar-refractivity contribution is 5.97. The van der Waals surface area contributed by atoms with Gasteiger partial charge < -0.3 is 25.4 Å². The topological polar surface area (TPSA) is 130 Å². The molecular formula is C15H13NO6-2. The van der Waals surface area contributed by atoms with Crippen molar-refractivity contribution >= 4 is 23.5 Å². The molecule has 1 aromatic carbocycles. The van der Waals surface area contributed by atoms with Crippen molar-refractivity contribution < 1.29 is 29.7 Å². The van der Waals surface area contributed by atoms with Crippen molar-refractivity contribution in [3.63, 3.8) is 0 Å². The van der Waals surface area contributed by atoms with Gasteiger partial charge in [-0.2, -0.15) is 0 Å². The molecule has 1 aliphatic rings. The van der Waals surface area contributed by atoms with Crippen molar-refractivity contribution in [1.29, 1.82) is 0 Å². The fourth-order valence-electron chi connectivity index (χ4n) is 2.37. The standard InChI is InChI=1S/C15H15NO6/c17-12-6-5-8(7-11(12)15(21)22)16-13(18)9-3-1-2-4-10(9)14(19)20/h1-2,5-7,9-10,17H,3-4H2,(H,16,18)(H,19,20)(H,21,22)/p-2/t9-,10+/m0/s1. The van der Waals surface area contributed by atoms with Gasteiger partial charge in [-0.1, -0.05) is 24.0 Å². The molecule has 1 amide bonds. The Morgan fingerprint density at radius 2 is 1.77 bits per heavy atom. The summed E-state index contributed by atoms with van der Waals surface area (Å²) in [6, 6.07) is 3.37. The van der Waals surface area contributed by atoms with E-state index in [1.807, 2.05) is 0 Å². The van der Waals surface area contributed by atoms with Crippen molar-refractivity contribution in [2.45, 2.75) is 12.8 Å². The molecule has 0 fully saturated rings. The first-order valence-corrected chi connectivity index (χ1v) is 6.61. The first kappa shape index (κ1) is 15.6. The third-order valence-corrected chi connectivity index (χ3v) is 3.55. The largest absolute Gasteiger partial charge is 0.872 e. The number of aliphatic carboxylic acids is 1. The molecule has 0 heterocycles. The van der Waals surface area contributed by atoms with E-state index in [1.54, 1.807) is 12.2 Å². The average molecular weight is 303 g/mol. The Morgan fingerprint density at radius 1 is 1.14 bits per heavy atom. The summed E-state index contributed by atoms with van der Waals surface area (Å²) in [5.74, 6) is -5.63. The van der Waals surface area contributed by atoms with Gasteiger partial charge in [-0.3, -0.25) is 4.79 Å². The Labute approximate surface area is 125 Å². The number of rotatable bonds is 4. The highest BCUT2D eigenvalue weighted by atomic mass is 16.4. The maximum Gasteiger partial charge on any atom is 0.335 e. The van der Waals surface area contributed by atoms with Gasteiger partial charge in [0.15, 0.2) is 0 Å². The van der Waals surface area contributed by atoms with Crippen LogP contribution >= 0.6 is 0 Å². The quantitative estimate of drug-likeness (QED) is 0.736. The predicted molar refractivity (Wildman–Crippen MR) is 71.8 cm³/mol. The first-order valence-electron chi connectivity index (χ1n) is 6.61. The number of carbonyl (C=O) groups is 3. The van der Waals surface area contributed by atoms with Crippen LogP contribution in [0.5, 0.6) is 5.75 Å². The smallest absolute Gasteiger partial charge is 0.335 e. The fourth-order valence-corrected chi connectivity index (χ4v) is 2.37. The Balaban J connectivity index is 2.18. The highest BCUT2D eigenvalue weighted by Crippen LogP contribution is 2.27. The zero-order valence-corrected chi connectivity index (χ0v) is 11.4. The summed E-state index contributed by atoms with van der Waals surface area (Å²) in [6.45, 7) is 0. The Hall–Kier alpha value is -2.83. The van der Waals surface area contributed by atoms with E-state index in [4.69, 9.17) is 5.11 Å². The van der Waals surface area contributed by atoms with Gasteiger partial charge in [0.1, 0.15) is 0 Å². The lowest BCUT2D eigenvalue weighted by atomic mass is 9.82. The minimum Gasteiger partial charge on any atom is -0.872 e. The monoisotopic (exact) mass is 303 g/mol. The first-order chi connectivity index (χ1) is 10.4. The van der Waals surface area contributed by atoms with Crippen LogP contribution in [0.25, 0.3) is 0 Å². The van der Waals surface area contributed by atoms with Crippen molar-refractivity contribution in [3.05, 3.63) is 35.9 Å². The second kappa shape index (κ2) is 6.30. The average Bonchev–Trinajstić information content (AvgIpc) is 2.48. The summed E-state index contributed by atoms with van der Waals surface area (Å²) in [4.78, 5) is 34.1. The number of allylic oxidation sites excluding steroid dienone is 2. The summed E-state index contributed by atoms with van der Waals surface area (Å²) in [7, 11) is 0. The van der Waals surface area contributed by atoms with Gasteiger partial charge in [0, 0.05) is 17.6 Å². The molecule has 0 unspecified atom stereocenters. The van der Waals surface area contributed by atoms with Crippen LogP contribution in [0.3, 0.4) is 0 Å². The van der Waals surface area contributed by atoms with Gasteiger partial charge in [-0.25, -0.2) is 4.79 Å². The molecule has 22 heavy (non-hydrogen) atoms. The van der Waals surface area contributed by atoms with E-state index >= 15 is 0 Å². The molecule has 0 radical (unpaired) electrons. The third kappa shape index (κ3) is 3.25. The molecule has 7 heteroatoms. The number of hydrogen-bond acceptors (Lipinski definition) is 5. The number of aromatic carboxylic acids is 1. The summed E-state index contributed by atoms with van der Waals surface area (Å²) in [6.07, 6.45) is 3.86. The van der Waals surface area contributed by atoms with E-state index in [0.29, 0.717) is 0 Å². The van der Waals surface area contributed by atoms with Gasteiger partial charge in [0.25, 0.3) is 0 Å². The molecule has 1 aliphatic carbocycles. The zero-order chi connectivity index (χ0) is 16.3. The van der Waals surface area contributed by atoms with Crippen LogP contribution in [0, 0.1) is 11.8 Å². The summed E-state index contributed by atoms with van der Waals surface area (Å²) >= 11 is 0. The number of benzene rings is 1. The second-order valence-electron chi connectivity index (χ2n) is 4.98. The lowest BCUT2D eigenvalue weighted by Crippen LogP contribution is -2.41. The van der Waals surface area contributed by atoms with Crippen LogP contribution in [0.15, 0.2) is 30.4 Å². The normalized spacial score (nSPS) is 20.4. The van der Waals surface area contributed by atoms with Gasteiger partial charge in [0.2, 0.25) is 5.91 Å². The number of carboxylic acid groups (broad SMARTS) is 2. The maximum absolute atomic E-state index is 12.2. The molecular weight excluding hydrogens is 290 g/mol. The Bertz CT molecular complexity index is 651. The summed E-state index contributed by atoms with van der Waals surface area (Å²) in [5, 5.41) is 33.8.